The van der Waals surface area contributed by atoms with Gasteiger partial charge in [0.15, 0.2) is 0 Å². The van der Waals surface area contributed by atoms with Crippen molar-refractivity contribution in [3.8, 4) is 0 Å². The van der Waals surface area contributed by atoms with Gasteiger partial charge < -0.3 is 9.30 Å². The van der Waals surface area contributed by atoms with Crippen LogP contribution in [0.2, 0.25) is 0 Å². The van der Waals surface area contributed by atoms with Crippen molar-refractivity contribution < 1.29 is 4.74 Å². The summed E-state index contributed by atoms with van der Waals surface area (Å²) in [7, 11) is 0. The largest absolute Gasteiger partial charge is 0.372 e. The van der Waals surface area contributed by atoms with Crippen LogP contribution in [0.25, 0.3) is 6.20 Å². The van der Waals surface area contributed by atoms with Crippen molar-refractivity contribution in [2.45, 2.75) is 25.4 Å². The maximum Gasteiger partial charge on any atom is 0.0977 e. The molecule has 0 saturated carbocycles. The molecule has 1 aromatic rings. The van der Waals surface area contributed by atoms with Gasteiger partial charge in [-0.25, -0.2) is 0 Å². The van der Waals surface area contributed by atoms with E-state index < -0.39 is 0 Å². The van der Waals surface area contributed by atoms with E-state index in [0.29, 0.717) is 0 Å². The molecule has 2 heterocycles. The number of nitrogens with zero attached hydrogens (tertiary/aromatic N) is 1. The van der Waals surface area contributed by atoms with E-state index in [2.05, 4.69) is 12.6 Å². The van der Waals surface area contributed by atoms with Gasteiger partial charge in [-0.15, -0.1) is 0 Å². The molecule has 0 bridgehead atoms. The number of hydrogen-bond donors (Lipinski definition) is 0. The monoisotopic (exact) mass is 177 g/mol. The SMILES string of the molecule is C=Cn1cccc1C1CCCCO1. The van der Waals surface area contributed by atoms with Crippen molar-refractivity contribution >= 4 is 6.20 Å². The molecular weight excluding hydrogens is 162 g/mol. The molecule has 1 aliphatic rings. The molecule has 1 fully saturated rings. The van der Waals surface area contributed by atoms with Gasteiger partial charge in [0.2, 0.25) is 0 Å². The van der Waals surface area contributed by atoms with Gasteiger partial charge in [0.05, 0.1) is 11.8 Å². The van der Waals surface area contributed by atoms with E-state index in [0.717, 1.165) is 13.0 Å². The van der Waals surface area contributed by atoms with E-state index in [9.17, 15) is 0 Å². The van der Waals surface area contributed by atoms with E-state index in [4.69, 9.17) is 4.74 Å². The molecule has 0 aromatic carbocycles. The number of rotatable bonds is 2. The fourth-order valence-electron chi connectivity index (χ4n) is 1.82. The summed E-state index contributed by atoms with van der Waals surface area (Å²) in [6.45, 7) is 4.66. The Balaban J connectivity index is 2.17. The smallest absolute Gasteiger partial charge is 0.0977 e. The van der Waals surface area contributed by atoms with Crippen LogP contribution in [-0.4, -0.2) is 11.2 Å². The minimum absolute atomic E-state index is 0.279. The van der Waals surface area contributed by atoms with Crippen LogP contribution in [0, 0.1) is 0 Å². The molecule has 1 saturated heterocycles. The Hall–Kier alpha value is -1.02. The molecule has 2 heteroatoms. The molecule has 1 aromatic heterocycles. The quantitative estimate of drug-likeness (QED) is 0.677. The predicted molar refractivity (Wildman–Crippen MR) is 53.4 cm³/mol. The topological polar surface area (TPSA) is 14.2 Å². The highest BCUT2D eigenvalue weighted by molar-refractivity contribution is 5.26. The summed E-state index contributed by atoms with van der Waals surface area (Å²) in [6.07, 6.45) is 7.73. The Morgan fingerprint density at radius 1 is 1.54 bits per heavy atom. The number of aromatic nitrogens is 1. The maximum absolute atomic E-state index is 5.70. The van der Waals surface area contributed by atoms with Crippen molar-refractivity contribution in [2.75, 3.05) is 6.61 Å². The highest BCUT2D eigenvalue weighted by atomic mass is 16.5. The van der Waals surface area contributed by atoms with Gasteiger partial charge in [0.1, 0.15) is 0 Å². The third kappa shape index (κ3) is 1.68. The average molecular weight is 177 g/mol. The summed E-state index contributed by atoms with van der Waals surface area (Å²) in [6, 6.07) is 4.15. The minimum atomic E-state index is 0.279. The Bertz CT molecular complexity index is 284. The van der Waals surface area contributed by atoms with E-state index in [1.54, 1.807) is 0 Å². The van der Waals surface area contributed by atoms with Gasteiger partial charge in [-0.05, 0) is 31.4 Å². The molecule has 70 valence electrons. The number of ether oxygens (including phenoxy) is 1. The van der Waals surface area contributed by atoms with E-state index in [1.807, 2.05) is 23.0 Å². The molecule has 0 spiro atoms. The van der Waals surface area contributed by atoms with Crippen LogP contribution < -0.4 is 0 Å². The Morgan fingerprint density at radius 3 is 3.15 bits per heavy atom. The van der Waals surface area contributed by atoms with Gasteiger partial charge in [-0.2, -0.15) is 0 Å². The van der Waals surface area contributed by atoms with Gasteiger partial charge in [0.25, 0.3) is 0 Å². The van der Waals surface area contributed by atoms with Crippen molar-refractivity contribution in [3.63, 3.8) is 0 Å². The van der Waals surface area contributed by atoms with Crippen molar-refractivity contribution in [2.24, 2.45) is 0 Å². The third-order valence-corrected chi connectivity index (χ3v) is 2.52. The van der Waals surface area contributed by atoms with Crippen LogP contribution in [0.4, 0.5) is 0 Å². The zero-order valence-corrected chi connectivity index (χ0v) is 7.78. The molecule has 13 heavy (non-hydrogen) atoms. The second-order valence-electron chi connectivity index (χ2n) is 3.38. The molecule has 0 radical (unpaired) electrons. The first-order chi connectivity index (χ1) is 6.42. The van der Waals surface area contributed by atoms with Crippen molar-refractivity contribution in [3.05, 3.63) is 30.6 Å². The van der Waals surface area contributed by atoms with Crippen LogP contribution in [0.15, 0.2) is 24.9 Å². The summed E-state index contributed by atoms with van der Waals surface area (Å²) < 4.78 is 7.73. The molecular formula is C11H15NO. The highest BCUT2D eigenvalue weighted by Gasteiger charge is 2.17. The van der Waals surface area contributed by atoms with Gasteiger partial charge in [-0.3, -0.25) is 0 Å². The summed E-state index contributed by atoms with van der Waals surface area (Å²) in [4.78, 5) is 0. The summed E-state index contributed by atoms with van der Waals surface area (Å²) >= 11 is 0. The summed E-state index contributed by atoms with van der Waals surface area (Å²) in [5.41, 5.74) is 1.23. The first-order valence-electron chi connectivity index (χ1n) is 4.82. The predicted octanol–water partition coefficient (Wildman–Crippen LogP) is 2.83. The first-order valence-corrected chi connectivity index (χ1v) is 4.82. The van der Waals surface area contributed by atoms with Gasteiger partial charge in [0, 0.05) is 19.0 Å². The molecule has 1 aliphatic heterocycles. The van der Waals surface area contributed by atoms with Crippen LogP contribution >= 0.6 is 0 Å². The van der Waals surface area contributed by atoms with Gasteiger partial charge >= 0.3 is 0 Å². The van der Waals surface area contributed by atoms with Crippen LogP contribution in [0.1, 0.15) is 31.1 Å². The van der Waals surface area contributed by atoms with Crippen molar-refractivity contribution in [1.82, 2.24) is 4.57 Å². The summed E-state index contributed by atoms with van der Waals surface area (Å²) in [5, 5.41) is 0. The van der Waals surface area contributed by atoms with Crippen LogP contribution in [0.5, 0.6) is 0 Å². The maximum atomic E-state index is 5.70. The second kappa shape index (κ2) is 3.79. The first kappa shape index (κ1) is 8.57. The highest BCUT2D eigenvalue weighted by Crippen LogP contribution is 2.27. The van der Waals surface area contributed by atoms with E-state index >= 15 is 0 Å². The fraction of sp³-hybridized carbons (Fsp3) is 0.455. The molecule has 1 unspecified atom stereocenters. The lowest BCUT2D eigenvalue weighted by molar-refractivity contribution is 0.0116. The zero-order chi connectivity index (χ0) is 9.10. The molecule has 0 aliphatic carbocycles. The molecule has 0 amide bonds. The second-order valence-corrected chi connectivity index (χ2v) is 3.38. The molecule has 2 rings (SSSR count). The van der Waals surface area contributed by atoms with Gasteiger partial charge in [-0.1, -0.05) is 6.58 Å². The Kier molecular flexibility index (Phi) is 2.50. The van der Waals surface area contributed by atoms with E-state index in [-0.39, 0.29) is 6.10 Å². The molecule has 0 N–H and O–H groups in total. The minimum Gasteiger partial charge on any atom is -0.372 e. The van der Waals surface area contributed by atoms with Crippen molar-refractivity contribution in [1.29, 1.82) is 0 Å². The van der Waals surface area contributed by atoms with E-state index in [1.165, 1.54) is 18.5 Å². The summed E-state index contributed by atoms with van der Waals surface area (Å²) in [5.74, 6) is 0. The molecule has 1 atom stereocenters. The average Bonchev–Trinajstić information content (AvgIpc) is 2.67. The normalized spacial score (nSPS) is 22.9. The number of hydrogen-bond acceptors (Lipinski definition) is 1. The Morgan fingerprint density at radius 2 is 2.46 bits per heavy atom. The lowest BCUT2D eigenvalue weighted by Gasteiger charge is -2.23. The fourth-order valence-corrected chi connectivity index (χ4v) is 1.82. The van der Waals surface area contributed by atoms with Crippen LogP contribution in [0.3, 0.4) is 0 Å². The lowest BCUT2D eigenvalue weighted by atomic mass is 10.1. The molecule has 2 nitrogen and oxygen atoms in total. The third-order valence-electron chi connectivity index (χ3n) is 2.52. The lowest BCUT2D eigenvalue weighted by Crippen LogP contribution is -2.13. The Labute approximate surface area is 78.8 Å². The standard InChI is InChI=1S/C11H15NO/c1-2-12-8-5-6-10(12)11-7-3-4-9-13-11/h2,5-6,8,11H,1,3-4,7,9H2. The van der Waals surface area contributed by atoms with Crippen LogP contribution in [-0.2, 0) is 4.74 Å². The zero-order valence-electron chi connectivity index (χ0n) is 7.78.